The van der Waals surface area contributed by atoms with E-state index in [4.69, 9.17) is 4.98 Å². The highest BCUT2D eigenvalue weighted by Crippen LogP contribution is 2.33. The van der Waals surface area contributed by atoms with Gasteiger partial charge in [-0.1, -0.05) is 19.1 Å². The fourth-order valence-corrected chi connectivity index (χ4v) is 2.99. The molecule has 3 rings (SSSR count). The van der Waals surface area contributed by atoms with Crippen LogP contribution in [0.5, 0.6) is 0 Å². The van der Waals surface area contributed by atoms with Gasteiger partial charge in [-0.25, -0.2) is 4.98 Å². The van der Waals surface area contributed by atoms with E-state index in [1.54, 1.807) is 0 Å². The average molecular weight is 287 g/mol. The molecule has 1 fully saturated rings. The Kier molecular flexibility index (Phi) is 4.21. The third kappa shape index (κ3) is 3.31. The van der Waals surface area contributed by atoms with E-state index in [-0.39, 0.29) is 0 Å². The molecule has 2 aromatic rings. The van der Waals surface area contributed by atoms with Crippen LogP contribution < -0.4 is 10.2 Å². The molecule has 0 saturated heterocycles. The SMILES string of the molecule is CCCNc1cccc(N(Cc2cccs2)C2CC2)n1. The molecule has 106 valence electrons. The zero-order valence-corrected chi connectivity index (χ0v) is 12.7. The van der Waals surface area contributed by atoms with E-state index in [2.05, 4.69) is 52.9 Å². The summed E-state index contributed by atoms with van der Waals surface area (Å²) >= 11 is 1.82. The normalized spacial score (nSPS) is 14.2. The third-order valence-corrected chi connectivity index (χ3v) is 4.34. The van der Waals surface area contributed by atoms with E-state index in [1.165, 1.54) is 17.7 Å². The first-order valence-electron chi connectivity index (χ1n) is 7.37. The van der Waals surface area contributed by atoms with Crippen molar-refractivity contribution in [3.05, 3.63) is 40.6 Å². The molecule has 0 spiro atoms. The first-order valence-corrected chi connectivity index (χ1v) is 8.24. The van der Waals surface area contributed by atoms with Crippen LogP contribution in [0.4, 0.5) is 11.6 Å². The van der Waals surface area contributed by atoms with Crippen molar-refractivity contribution in [2.45, 2.75) is 38.8 Å². The molecule has 0 aliphatic heterocycles. The summed E-state index contributed by atoms with van der Waals surface area (Å²) in [5, 5.41) is 5.52. The zero-order valence-electron chi connectivity index (χ0n) is 11.9. The number of hydrogen-bond donors (Lipinski definition) is 1. The van der Waals surface area contributed by atoms with Gasteiger partial charge in [0.05, 0.1) is 6.54 Å². The summed E-state index contributed by atoms with van der Waals surface area (Å²) in [5.41, 5.74) is 0. The largest absolute Gasteiger partial charge is 0.370 e. The number of nitrogens with zero attached hydrogens (tertiary/aromatic N) is 2. The van der Waals surface area contributed by atoms with E-state index >= 15 is 0 Å². The van der Waals surface area contributed by atoms with Crippen LogP contribution in [0.3, 0.4) is 0 Å². The van der Waals surface area contributed by atoms with Gasteiger partial charge in [-0.2, -0.15) is 0 Å². The Morgan fingerprint density at radius 2 is 2.20 bits per heavy atom. The molecule has 1 saturated carbocycles. The van der Waals surface area contributed by atoms with Crippen LogP contribution in [0.15, 0.2) is 35.7 Å². The van der Waals surface area contributed by atoms with Crippen LogP contribution >= 0.6 is 11.3 Å². The first-order chi connectivity index (χ1) is 9.86. The van der Waals surface area contributed by atoms with Crippen molar-refractivity contribution < 1.29 is 0 Å². The Hall–Kier alpha value is -1.55. The maximum Gasteiger partial charge on any atom is 0.131 e. The van der Waals surface area contributed by atoms with Crippen LogP contribution in [0.1, 0.15) is 31.1 Å². The van der Waals surface area contributed by atoms with Gasteiger partial charge < -0.3 is 10.2 Å². The number of anilines is 2. The summed E-state index contributed by atoms with van der Waals surface area (Å²) in [7, 11) is 0. The van der Waals surface area contributed by atoms with Crippen LogP contribution in [-0.4, -0.2) is 17.6 Å². The van der Waals surface area contributed by atoms with Gasteiger partial charge in [0.1, 0.15) is 11.6 Å². The smallest absolute Gasteiger partial charge is 0.131 e. The van der Waals surface area contributed by atoms with E-state index in [1.807, 2.05) is 11.3 Å². The minimum absolute atomic E-state index is 0.672. The van der Waals surface area contributed by atoms with Gasteiger partial charge in [0.25, 0.3) is 0 Å². The lowest BCUT2D eigenvalue weighted by Gasteiger charge is -2.23. The first kappa shape index (κ1) is 13.4. The standard InChI is InChI=1S/C16H21N3S/c1-2-10-17-15-6-3-7-16(18-15)19(13-8-9-13)12-14-5-4-11-20-14/h3-7,11,13H,2,8-10,12H2,1H3,(H,17,18). The van der Waals surface area contributed by atoms with E-state index < -0.39 is 0 Å². The molecule has 0 unspecified atom stereocenters. The van der Waals surface area contributed by atoms with Gasteiger partial charge in [0.2, 0.25) is 0 Å². The lowest BCUT2D eigenvalue weighted by Crippen LogP contribution is -2.25. The molecule has 2 heterocycles. The summed E-state index contributed by atoms with van der Waals surface area (Å²) in [5.74, 6) is 2.09. The van der Waals surface area contributed by atoms with Crippen molar-refractivity contribution in [2.24, 2.45) is 0 Å². The monoisotopic (exact) mass is 287 g/mol. The van der Waals surface area contributed by atoms with Crippen molar-refractivity contribution in [2.75, 3.05) is 16.8 Å². The summed E-state index contributed by atoms with van der Waals surface area (Å²) in [6.45, 7) is 4.13. The van der Waals surface area contributed by atoms with Crippen LogP contribution in [0, 0.1) is 0 Å². The molecule has 2 aromatic heterocycles. The molecular weight excluding hydrogens is 266 g/mol. The molecule has 1 aliphatic rings. The van der Waals surface area contributed by atoms with Crippen LogP contribution in [-0.2, 0) is 6.54 Å². The molecular formula is C16H21N3S. The quantitative estimate of drug-likeness (QED) is 0.829. The maximum atomic E-state index is 4.77. The van der Waals surface area contributed by atoms with Gasteiger partial charge in [0.15, 0.2) is 0 Å². The van der Waals surface area contributed by atoms with Gasteiger partial charge >= 0.3 is 0 Å². The van der Waals surface area contributed by atoms with Gasteiger partial charge in [-0.05, 0) is 42.8 Å². The number of aromatic nitrogens is 1. The van der Waals surface area contributed by atoms with Crippen molar-refractivity contribution in [3.63, 3.8) is 0 Å². The Morgan fingerprint density at radius 1 is 1.30 bits per heavy atom. The Bertz CT molecular complexity index is 534. The molecule has 1 N–H and O–H groups in total. The predicted octanol–water partition coefficient (Wildman–Crippen LogP) is 4.13. The molecule has 20 heavy (non-hydrogen) atoms. The van der Waals surface area contributed by atoms with E-state index in [0.717, 1.165) is 31.1 Å². The number of nitrogens with one attached hydrogen (secondary N) is 1. The van der Waals surface area contributed by atoms with Gasteiger partial charge in [0, 0.05) is 17.5 Å². The van der Waals surface area contributed by atoms with E-state index in [9.17, 15) is 0 Å². The van der Waals surface area contributed by atoms with E-state index in [0.29, 0.717) is 6.04 Å². The molecule has 0 radical (unpaired) electrons. The minimum Gasteiger partial charge on any atom is -0.370 e. The Labute approximate surface area is 124 Å². The second kappa shape index (κ2) is 6.27. The van der Waals surface area contributed by atoms with Crippen molar-refractivity contribution in [1.29, 1.82) is 0 Å². The van der Waals surface area contributed by atoms with Gasteiger partial charge in [-0.15, -0.1) is 11.3 Å². The summed E-state index contributed by atoms with van der Waals surface area (Å²) in [4.78, 5) is 8.63. The molecule has 0 aromatic carbocycles. The molecule has 0 bridgehead atoms. The van der Waals surface area contributed by atoms with Crippen LogP contribution in [0.2, 0.25) is 0 Å². The lowest BCUT2D eigenvalue weighted by atomic mass is 10.3. The molecule has 3 nitrogen and oxygen atoms in total. The summed E-state index contributed by atoms with van der Waals surface area (Å²) in [6.07, 6.45) is 3.70. The maximum absolute atomic E-state index is 4.77. The highest BCUT2D eigenvalue weighted by Gasteiger charge is 2.30. The summed E-state index contributed by atoms with van der Waals surface area (Å²) < 4.78 is 0. The topological polar surface area (TPSA) is 28.2 Å². The second-order valence-electron chi connectivity index (χ2n) is 5.25. The number of rotatable bonds is 7. The minimum atomic E-state index is 0.672. The molecule has 4 heteroatoms. The summed E-state index contributed by atoms with van der Waals surface area (Å²) in [6, 6.07) is 11.3. The number of thiophene rings is 1. The number of hydrogen-bond acceptors (Lipinski definition) is 4. The molecule has 1 aliphatic carbocycles. The second-order valence-corrected chi connectivity index (χ2v) is 6.28. The Balaban J connectivity index is 1.76. The van der Waals surface area contributed by atoms with Crippen molar-refractivity contribution >= 4 is 23.0 Å². The Morgan fingerprint density at radius 3 is 2.90 bits per heavy atom. The predicted molar refractivity (Wildman–Crippen MR) is 86.5 cm³/mol. The van der Waals surface area contributed by atoms with Crippen molar-refractivity contribution in [3.8, 4) is 0 Å². The average Bonchev–Trinajstić information content (AvgIpc) is 3.19. The van der Waals surface area contributed by atoms with Crippen LogP contribution in [0.25, 0.3) is 0 Å². The van der Waals surface area contributed by atoms with Gasteiger partial charge in [-0.3, -0.25) is 0 Å². The molecule has 0 atom stereocenters. The highest BCUT2D eigenvalue weighted by molar-refractivity contribution is 7.09. The fourth-order valence-electron chi connectivity index (χ4n) is 2.29. The lowest BCUT2D eigenvalue weighted by molar-refractivity contribution is 0.786. The number of pyridine rings is 1. The van der Waals surface area contributed by atoms with Crippen molar-refractivity contribution in [1.82, 2.24) is 4.98 Å². The molecule has 0 amide bonds. The zero-order chi connectivity index (χ0) is 13.8. The third-order valence-electron chi connectivity index (χ3n) is 3.48. The fraction of sp³-hybridized carbons (Fsp3) is 0.438. The highest BCUT2D eigenvalue weighted by atomic mass is 32.1.